The lowest BCUT2D eigenvalue weighted by molar-refractivity contribution is 0.0641. The zero-order valence-corrected chi connectivity index (χ0v) is 17.3. The van der Waals surface area contributed by atoms with Crippen LogP contribution in [0.1, 0.15) is 38.1 Å². The highest BCUT2D eigenvalue weighted by atomic mass is 79.9. The first kappa shape index (κ1) is 19.0. The quantitative estimate of drug-likeness (QED) is 0.629. The van der Waals surface area contributed by atoms with Crippen molar-refractivity contribution in [1.29, 1.82) is 0 Å². The maximum atomic E-state index is 13.0. The molecule has 0 fully saturated rings. The molecule has 5 heteroatoms. The highest BCUT2D eigenvalue weighted by Gasteiger charge is 2.28. The van der Waals surface area contributed by atoms with Gasteiger partial charge in [0.25, 0.3) is 5.91 Å². The SMILES string of the molecule is CC(C)N(C(=O)c1c(Br)cc(-c2ccccc2)c(O)c1Br)C(C)C. The molecule has 0 saturated heterocycles. The molecule has 0 radical (unpaired) electrons. The smallest absolute Gasteiger partial charge is 0.256 e. The number of hydrogen-bond acceptors (Lipinski definition) is 2. The first-order chi connectivity index (χ1) is 11.3. The van der Waals surface area contributed by atoms with Crippen molar-refractivity contribution in [3.05, 3.63) is 50.9 Å². The van der Waals surface area contributed by atoms with E-state index < -0.39 is 0 Å². The summed E-state index contributed by atoms with van der Waals surface area (Å²) in [5.41, 5.74) is 2.00. The third-order valence-corrected chi connectivity index (χ3v) is 5.24. The van der Waals surface area contributed by atoms with Crippen LogP contribution < -0.4 is 0 Å². The summed E-state index contributed by atoms with van der Waals surface area (Å²) >= 11 is 6.93. The van der Waals surface area contributed by atoms with Crippen LogP contribution in [0.3, 0.4) is 0 Å². The molecule has 0 heterocycles. The molecule has 2 aromatic rings. The normalized spacial score (nSPS) is 11.2. The Bertz CT molecular complexity index is 735. The van der Waals surface area contributed by atoms with Crippen molar-refractivity contribution in [2.75, 3.05) is 0 Å². The van der Waals surface area contributed by atoms with E-state index in [1.165, 1.54) is 0 Å². The topological polar surface area (TPSA) is 40.5 Å². The number of carbonyl (C=O) groups excluding carboxylic acids is 1. The van der Waals surface area contributed by atoms with Gasteiger partial charge in [0.15, 0.2) is 0 Å². The molecule has 1 N–H and O–H groups in total. The van der Waals surface area contributed by atoms with Gasteiger partial charge in [-0.15, -0.1) is 0 Å². The molecule has 0 spiro atoms. The van der Waals surface area contributed by atoms with Crippen molar-refractivity contribution in [2.24, 2.45) is 0 Å². The third kappa shape index (κ3) is 3.67. The Morgan fingerprint density at radius 3 is 2.08 bits per heavy atom. The summed E-state index contributed by atoms with van der Waals surface area (Å²) < 4.78 is 1.06. The van der Waals surface area contributed by atoms with E-state index >= 15 is 0 Å². The van der Waals surface area contributed by atoms with Crippen molar-refractivity contribution < 1.29 is 9.90 Å². The van der Waals surface area contributed by atoms with Gasteiger partial charge in [-0.25, -0.2) is 0 Å². The molecule has 0 aliphatic heterocycles. The Kier molecular flexibility index (Phi) is 6.10. The number of phenolic OH excluding ortho intramolecular Hbond substituents is 1. The van der Waals surface area contributed by atoms with Gasteiger partial charge in [0.05, 0.1) is 10.0 Å². The molecule has 24 heavy (non-hydrogen) atoms. The van der Waals surface area contributed by atoms with E-state index in [-0.39, 0.29) is 23.7 Å². The van der Waals surface area contributed by atoms with Gasteiger partial charge in [-0.3, -0.25) is 4.79 Å². The van der Waals surface area contributed by atoms with Crippen molar-refractivity contribution >= 4 is 37.8 Å². The monoisotopic (exact) mass is 453 g/mol. The molecule has 0 saturated carbocycles. The molecule has 0 bridgehead atoms. The molecule has 2 rings (SSSR count). The van der Waals surface area contributed by atoms with Gasteiger partial charge < -0.3 is 10.0 Å². The van der Waals surface area contributed by atoms with E-state index in [1.54, 1.807) is 11.0 Å². The molecule has 2 aromatic carbocycles. The van der Waals surface area contributed by atoms with Crippen LogP contribution in [-0.2, 0) is 0 Å². The summed E-state index contributed by atoms with van der Waals surface area (Å²) in [6, 6.07) is 11.5. The van der Waals surface area contributed by atoms with E-state index in [2.05, 4.69) is 31.9 Å². The number of rotatable bonds is 4. The minimum atomic E-state index is -0.117. The number of carbonyl (C=O) groups is 1. The lowest BCUT2D eigenvalue weighted by Gasteiger charge is -2.31. The largest absolute Gasteiger partial charge is 0.506 e. The molecule has 0 aliphatic carbocycles. The molecule has 0 aliphatic rings. The predicted molar refractivity (Wildman–Crippen MR) is 105 cm³/mol. The van der Waals surface area contributed by atoms with Crippen LogP contribution >= 0.6 is 31.9 Å². The van der Waals surface area contributed by atoms with Crippen LogP contribution in [0.15, 0.2) is 45.3 Å². The second-order valence-corrected chi connectivity index (χ2v) is 7.86. The average Bonchev–Trinajstić information content (AvgIpc) is 2.51. The van der Waals surface area contributed by atoms with Gasteiger partial charge in [0.2, 0.25) is 0 Å². The zero-order valence-electron chi connectivity index (χ0n) is 14.2. The van der Waals surface area contributed by atoms with Crippen molar-refractivity contribution in [3.63, 3.8) is 0 Å². The summed E-state index contributed by atoms with van der Waals surface area (Å²) in [6.45, 7) is 7.94. The van der Waals surface area contributed by atoms with Gasteiger partial charge in [-0.1, -0.05) is 30.3 Å². The predicted octanol–water partition coefficient (Wildman–Crippen LogP) is 5.84. The van der Waals surface area contributed by atoms with Crippen LogP contribution in [0.25, 0.3) is 11.1 Å². The number of aromatic hydroxyl groups is 1. The summed E-state index contributed by atoms with van der Waals surface area (Å²) in [4.78, 5) is 14.8. The minimum absolute atomic E-state index is 0.0623. The van der Waals surface area contributed by atoms with Crippen LogP contribution in [0.4, 0.5) is 0 Å². The Morgan fingerprint density at radius 2 is 1.58 bits per heavy atom. The number of benzene rings is 2. The van der Waals surface area contributed by atoms with Crippen molar-refractivity contribution in [2.45, 2.75) is 39.8 Å². The fourth-order valence-corrected chi connectivity index (χ4v) is 4.30. The first-order valence-corrected chi connectivity index (χ1v) is 9.43. The Labute approximate surface area is 159 Å². The van der Waals surface area contributed by atoms with Gasteiger partial charge in [0.1, 0.15) is 5.75 Å². The van der Waals surface area contributed by atoms with Gasteiger partial charge in [-0.2, -0.15) is 0 Å². The molecule has 3 nitrogen and oxygen atoms in total. The maximum Gasteiger partial charge on any atom is 0.256 e. The van der Waals surface area contributed by atoms with Gasteiger partial charge >= 0.3 is 0 Å². The summed E-state index contributed by atoms with van der Waals surface area (Å²) in [5.74, 6) is -0.0473. The van der Waals surface area contributed by atoms with Crippen LogP contribution in [-0.4, -0.2) is 28.0 Å². The maximum absolute atomic E-state index is 13.0. The van der Waals surface area contributed by atoms with E-state index in [4.69, 9.17) is 0 Å². The summed E-state index contributed by atoms with van der Waals surface area (Å²) in [5, 5.41) is 10.6. The fourth-order valence-electron chi connectivity index (χ4n) is 2.84. The van der Waals surface area contributed by atoms with E-state index in [0.717, 1.165) is 5.56 Å². The first-order valence-electron chi connectivity index (χ1n) is 7.84. The van der Waals surface area contributed by atoms with Crippen molar-refractivity contribution in [1.82, 2.24) is 4.90 Å². The standard InChI is InChI=1S/C19H21Br2NO2/c1-11(2)22(12(3)4)19(24)16-15(20)10-14(18(23)17(16)21)13-8-6-5-7-9-13/h5-12,23H,1-4H3. The molecular weight excluding hydrogens is 434 g/mol. The number of phenols is 1. The Morgan fingerprint density at radius 1 is 1.04 bits per heavy atom. The van der Waals surface area contributed by atoms with Crippen molar-refractivity contribution in [3.8, 4) is 16.9 Å². The number of amides is 1. The molecule has 0 atom stereocenters. The summed E-state index contributed by atoms with van der Waals surface area (Å²) in [6.07, 6.45) is 0. The lowest BCUT2D eigenvalue weighted by Crippen LogP contribution is -2.42. The number of nitrogens with zero attached hydrogens (tertiary/aromatic N) is 1. The molecular formula is C19H21Br2NO2. The average molecular weight is 455 g/mol. The van der Waals surface area contributed by atoms with E-state index in [9.17, 15) is 9.90 Å². The Balaban J connectivity index is 2.58. The zero-order chi connectivity index (χ0) is 18.0. The van der Waals surface area contributed by atoms with Gasteiger partial charge in [0, 0.05) is 22.1 Å². The second-order valence-electron chi connectivity index (χ2n) is 6.21. The highest BCUT2D eigenvalue weighted by molar-refractivity contribution is 9.11. The molecule has 1 amide bonds. The summed E-state index contributed by atoms with van der Waals surface area (Å²) in [7, 11) is 0. The molecule has 0 unspecified atom stereocenters. The number of hydrogen-bond donors (Lipinski definition) is 1. The minimum Gasteiger partial charge on any atom is -0.506 e. The van der Waals surface area contributed by atoms with Crippen LogP contribution in [0, 0.1) is 0 Å². The van der Waals surface area contributed by atoms with E-state index in [0.29, 0.717) is 20.1 Å². The van der Waals surface area contributed by atoms with Crippen LogP contribution in [0.5, 0.6) is 5.75 Å². The lowest BCUT2D eigenvalue weighted by atomic mass is 10.0. The third-order valence-electron chi connectivity index (χ3n) is 3.84. The fraction of sp³-hybridized carbons (Fsp3) is 0.316. The second kappa shape index (κ2) is 7.70. The number of halogens is 2. The Hall–Kier alpha value is -1.33. The molecule has 0 aromatic heterocycles. The van der Waals surface area contributed by atoms with Gasteiger partial charge in [-0.05, 0) is 71.2 Å². The molecule has 128 valence electrons. The van der Waals surface area contributed by atoms with E-state index in [1.807, 2.05) is 58.0 Å². The van der Waals surface area contributed by atoms with Crippen LogP contribution in [0.2, 0.25) is 0 Å². The highest BCUT2D eigenvalue weighted by Crippen LogP contribution is 2.42.